The fourth-order valence-corrected chi connectivity index (χ4v) is 8.74. The first-order chi connectivity index (χ1) is 16.9. The molecule has 10 atom stereocenters. The normalized spacial score (nSPS) is 49.3. The van der Waals surface area contributed by atoms with Gasteiger partial charge in [-0.1, -0.05) is 41.4 Å². The van der Waals surface area contributed by atoms with Crippen LogP contribution >= 0.6 is 0 Å². The summed E-state index contributed by atoms with van der Waals surface area (Å²) in [6.07, 6.45) is 5.82. The lowest BCUT2D eigenvalue weighted by Crippen LogP contribution is -2.57. The Labute approximate surface area is 198 Å². The minimum atomic E-state index is -2.61. The summed E-state index contributed by atoms with van der Waals surface area (Å²) in [6.45, 7) is 3.05. The molecular weight excluding hydrogens is 384 g/mol. The zero-order chi connectivity index (χ0) is 27.7. The molecule has 0 heterocycles. The molecule has 0 aromatic heterocycles. The second kappa shape index (κ2) is 8.26. The lowest BCUT2D eigenvalue weighted by atomic mass is 9.44. The predicted octanol–water partition coefficient (Wildman–Crippen LogP) is 6.07. The Bertz CT molecular complexity index is 885. The molecule has 0 amide bonds. The van der Waals surface area contributed by atoms with Crippen molar-refractivity contribution < 1.29 is 22.9 Å². The highest BCUT2D eigenvalue weighted by Crippen LogP contribution is 2.67. The van der Waals surface area contributed by atoms with E-state index < -0.39 is 31.6 Å². The topological polar surface area (TPSA) is 54.4 Å². The van der Waals surface area contributed by atoms with Gasteiger partial charge in [-0.25, -0.2) is 0 Å². The highest BCUT2D eigenvalue weighted by atomic mass is 16.3. The Hall–Kier alpha value is -0.700. The lowest BCUT2D eigenvalue weighted by molar-refractivity contribution is -0.159. The first-order valence-corrected chi connectivity index (χ1v) is 12.6. The Morgan fingerprint density at radius 3 is 2.45 bits per heavy atom. The SMILES string of the molecule is [2H]C([2H])([2H])C([C@H](C)C[C@H](O)[C@@H](C)[C@H]1CC[C@H]2[C@@H]3CC(=O)[C@H]4CC(=O)CC[C@]4(C)[C@H]3CC[C@]12C)C([2H])([2H])[2H]. The zero-order valence-electron chi connectivity index (χ0n) is 25.8. The smallest absolute Gasteiger partial charge is 0.137 e. The van der Waals surface area contributed by atoms with Gasteiger partial charge >= 0.3 is 0 Å². The first kappa shape index (κ1) is 16.8. The maximum absolute atomic E-state index is 13.3. The van der Waals surface area contributed by atoms with Crippen molar-refractivity contribution >= 4 is 11.6 Å². The molecule has 0 saturated heterocycles. The molecule has 3 heteroatoms. The fraction of sp³-hybridized carbons (Fsp3) is 0.929. The van der Waals surface area contributed by atoms with E-state index in [0.717, 1.165) is 32.1 Å². The first-order valence-electron chi connectivity index (χ1n) is 15.6. The third kappa shape index (κ3) is 3.75. The molecule has 176 valence electrons. The summed E-state index contributed by atoms with van der Waals surface area (Å²) in [7, 11) is 0. The molecular formula is C28H46O3. The number of hydrogen-bond donors (Lipinski definition) is 1. The Morgan fingerprint density at radius 2 is 1.74 bits per heavy atom. The van der Waals surface area contributed by atoms with Crippen molar-refractivity contribution in [1.29, 1.82) is 0 Å². The van der Waals surface area contributed by atoms with E-state index in [9.17, 15) is 14.7 Å². The second-order valence-corrected chi connectivity index (χ2v) is 12.2. The van der Waals surface area contributed by atoms with Crippen LogP contribution in [0.25, 0.3) is 0 Å². The van der Waals surface area contributed by atoms with E-state index in [4.69, 9.17) is 8.22 Å². The molecule has 0 aliphatic heterocycles. The zero-order valence-corrected chi connectivity index (χ0v) is 19.8. The molecule has 4 saturated carbocycles. The quantitative estimate of drug-likeness (QED) is 0.569. The van der Waals surface area contributed by atoms with Gasteiger partial charge in [0, 0.05) is 33.4 Å². The van der Waals surface area contributed by atoms with Crippen molar-refractivity contribution in [3.8, 4) is 0 Å². The van der Waals surface area contributed by atoms with Crippen LogP contribution in [-0.2, 0) is 9.59 Å². The van der Waals surface area contributed by atoms with E-state index in [0.29, 0.717) is 37.0 Å². The summed E-state index contributed by atoms with van der Waals surface area (Å²) in [5.41, 5.74) is -0.0975. The molecule has 4 aliphatic rings. The number of hydrogen-bond acceptors (Lipinski definition) is 3. The number of ketones is 2. The summed E-state index contributed by atoms with van der Waals surface area (Å²) in [4.78, 5) is 25.5. The van der Waals surface area contributed by atoms with Crippen molar-refractivity contribution in [2.75, 3.05) is 0 Å². The molecule has 3 nitrogen and oxygen atoms in total. The van der Waals surface area contributed by atoms with Crippen LogP contribution < -0.4 is 0 Å². The van der Waals surface area contributed by atoms with Crippen LogP contribution in [0.15, 0.2) is 0 Å². The second-order valence-electron chi connectivity index (χ2n) is 12.2. The van der Waals surface area contributed by atoms with Crippen molar-refractivity contribution in [3.05, 3.63) is 0 Å². The van der Waals surface area contributed by atoms with Crippen LogP contribution in [0.2, 0.25) is 0 Å². The van der Waals surface area contributed by atoms with E-state index in [1.807, 2.05) is 6.92 Å². The summed E-state index contributed by atoms with van der Waals surface area (Å²) in [5.74, 6) is -0.411. The number of aliphatic hydroxyl groups excluding tert-OH is 1. The third-order valence-corrected chi connectivity index (χ3v) is 10.8. The highest BCUT2D eigenvalue weighted by Gasteiger charge is 2.62. The minimum Gasteiger partial charge on any atom is -0.393 e. The van der Waals surface area contributed by atoms with E-state index in [2.05, 4.69) is 13.8 Å². The van der Waals surface area contributed by atoms with Gasteiger partial charge in [-0.2, -0.15) is 0 Å². The Balaban J connectivity index is 1.50. The van der Waals surface area contributed by atoms with E-state index in [1.165, 1.54) is 0 Å². The van der Waals surface area contributed by atoms with Gasteiger partial charge in [0.1, 0.15) is 11.6 Å². The fourth-order valence-electron chi connectivity index (χ4n) is 8.74. The van der Waals surface area contributed by atoms with Gasteiger partial charge in [-0.15, -0.1) is 0 Å². The van der Waals surface area contributed by atoms with Gasteiger partial charge < -0.3 is 5.11 Å². The standard InChI is InChI=1S/C28H46O3/c1-16(2)17(3)13-25(30)18(4)21-7-8-22-20-15-26(31)24-14-19(29)9-11-28(24,6)23(20)10-12-27(21,22)5/h16-18,20-25,30H,7-15H2,1-6H3/t17-,18+,20+,21-,22+,23+,24-,25+,27-,28-/m1/s1/i1D3,2D3. The number of aliphatic hydroxyl groups is 1. The van der Waals surface area contributed by atoms with Crippen molar-refractivity contribution in [2.24, 2.45) is 58.2 Å². The third-order valence-electron chi connectivity index (χ3n) is 10.8. The van der Waals surface area contributed by atoms with Gasteiger partial charge in [-0.3, -0.25) is 9.59 Å². The number of Topliss-reactive ketones (excluding diaryl/α,β-unsaturated/α-hetero) is 2. The molecule has 4 rings (SSSR count). The minimum absolute atomic E-state index is 0.00772. The average Bonchev–Trinajstić information content (AvgIpc) is 3.09. The van der Waals surface area contributed by atoms with Gasteiger partial charge in [0.2, 0.25) is 0 Å². The van der Waals surface area contributed by atoms with Crippen LogP contribution in [0.1, 0.15) is 107 Å². The van der Waals surface area contributed by atoms with Crippen LogP contribution in [0, 0.1) is 58.2 Å². The molecule has 0 unspecified atom stereocenters. The van der Waals surface area contributed by atoms with Crippen LogP contribution in [0.4, 0.5) is 0 Å². The molecule has 31 heavy (non-hydrogen) atoms. The molecule has 0 radical (unpaired) electrons. The molecule has 0 aromatic rings. The van der Waals surface area contributed by atoms with Gasteiger partial charge in [-0.05, 0) is 90.8 Å². The largest absolute Gasteiger partial charge is 0.393 e. The Morgan fingerprint density at radius 1 is 1.03 bits per heavy atom. The van der Waals surface area contributed by atoms with Crippen molar-refractivity contribution in [1.82, 2.24) is 0 Å². The Kier molecular flexibility index (Phi) is 4.49. The monoisotopic (exact) mass is 436 g/mol. The summed E-state index contributed by atoms with van der Waals surface area (Å²) >= 11 is 0. The lowest BCUT2D eigenvalue weighted by Gasteiger charge is -2.60. The van der Waals surface area contributed by atoms with Crippen LogP contribution in [0.5, 0.6) is 0 Å². The van der Waals surface area contributed by atoms with Crippen LogP contribution in [-0.4, -0.2) is 22.8 Å². The maximum Gasteiger partial charge on any atom is 0.137 e. The predicted molar refractivity (Wildman–Crippen MR) is 124 cm³/mol. The number of rotatable bonds is 5. The van der Waals surface area contributed by atoms with Gasteiger partial charge in [0.05, 0.1) is 6.10 Å². The van der Waals surface area contributed by atoms with Crippen molar-refractivity contribution in [2.45, 2.75) is 105 Å². The number of fused-ring (bicyclic) bond motifs is 5. The van der Waals surface area contributed by atoms with Crippen LogP contribution in [0.3, 0.4) is 0 Å². The number of carbonyl (C=O) groups excluding carboxylic acids is 2. The average molecular weight is 437 g/mol. The molecule has 4 fully saturated rings. The molecule has 1 N–H and O–H groups in total. The molecule has 0 bridgehead atoms. The molecule has 0 aromatic carbocycles. The highest BCUT2D eigenvalue weighted by molar-refractivity contribution is 5.90. The van der Waals surface area contributed by atoms with Gasteiger partial charge in [0.15, 0.2) is 0 Å². The van der Waals surface area contributed by atoms with Gasteiger partial charge in [0.25, 0.3) is 0 Å². The molecule has 0 spiro atoms. The summed E-state index contributed by atoms with van der Waals surface area (Å²) < 4.78 is 46.7. The maximum atomic E-state index is 13.3. The van der Waals surface area contributed by atoms with E-state index >= 15 is 0 Å². The van der Waals surface area contributed by atoms with E-state index in [1.54, 1.807) is 6.92 Å². The number of carbonyl (C=O) groups is 2. The van der Waals surface area contributed by atoms with E-state index in [-0.39, 0.29) is 46.6 Å². The molecule has 4 aliphatic carbocycles. The van der Waals surface area contributed by atoms with Crippen molar-refractivity contribution in [3.63, 3.8) is 0 Å². The summed E-state index contributed by atoms with van der Waals surface area (Å²) in [6, 6.07) is 0. The summed E-state index contributed by atoms with van der Waals surface area (Å²) in [5, 5.41) is 11.3.